The van der Waals surface area contributed by atoms with Crippen molar-refractivity contribution in [2.24, 2.45) is 5.16 Å². The molecule has 1 saturated heterocycles. The summed E-state index contributed by atoms with van der Waals surface area (Å²) >= 11 is 4.38. The van der Waals surface area contributed by atoms with E-state index < -0.39 is 35.2 Å². The number of carbonyl (C=O) groups excluding carboxylic acids is 2. The van der Waals surface area contributed by atoms with Gasteiger partial charge in [0, 0.05) is 34.1 Å². The van der Waals surface area contributed by atoms with E-state index in [4.69, 9.17) is 10.6 Å². The number of carboxylic acids is 2. The maximum absolute atomic E-state index is 13.2. The van der Waals surface area contributed by atoms with Crippen LogP contribution >= 0.6 is 46.2 Å². The minimum absolute atomic E-state index is 0.0765. The Labute approximate surface area is 266 Å². The fourth-order valence-electron chi connectivity index (χ4n) is 5.25. The van der Waals surface area contributed by atoms with Gasteiger partial charge in [0.25, 0.3) is 11.8 Å². The summed E-state index contributed by atoms with van der Waals surface area (Å²) in [5, 5.41) is 27.4. The summed E-state index contributed by atoms with van der Waals surface area (Å²) in [6, 6.07) is 3.00. The molecule has 2 atom stereocenters. The maximum Gasteiger partial charge on any atom is 0.353 e. The Balaban J connectivity index is 1.22. The average molecular weight is 675 g/mol. The molecule has 5 N–H and O–H groups in total. The lowest BCUT2D eigenvalue weighted by Gasteiger charge is -2.49. The molecule has 0 aromatic carbocycles. The smallest absolute Gasteiger partial charge is 0.353 e. The summed E-state index contributed by atoms with van der Waals surface area (Å²) in [5.41, 5.74) is 8.22. The molecule has 1 aliphatic carbocycles. The molecule has 0 spiro atoms. The fraction of sp³-hybridized carbons (Fsp3) is 0.308. The largest absolute Gasteiger partial charge is 0.477 e. The minimum atomic E-state index is -1.32. The van der Waals surface area contributed by atoms with Crippen LogP contribution in [0, 0.1) is 0 Å². The van der Waals surface area contributed by atoms with E-state index in [2.05, 4.69) is 26.5 Å². The number of carbonyl (C=O) groups is 4. The molecule has 3 aliphatic rings. The lowest BCUT2D eigenvalue weighted by molar-refractivity contribution is -0.695. The number of rotatable bonds is 10. The van der Waals surface area contributed by atoms with Gasteiger partial charge in [-0.1, -0.05) is 28.3 Å². The quantitative estimate of drug-likeness (QED) is 0.105. The van der Waals surface area contributed by atoms with Crippen LogP contribution in [0.4, 0.5) is 5.13 Å². The van der Waals surface area contributed by atoms with E-state index in [1.807, 2.05) is 16.8 Å². The van der Waals surface area contributed by atoms with Gasteiger partial charge in [-0.3, -0.25) is 14.5 Å². The molecular weight excluding hydrogens is 651 g/mol. The highest BCUT2D eigenvalue weighted by molar-refractivity contribution is 8.07. The molecule has 6 rings (SSSR count). The Morgan fingerprint density at radius 3 is 2.80 bits per heavy atom. The molecule has 2 aliphatic heterocycles. The zero-order valence-electron chi connectivity index (χ0n) is 22.9. The summed E-state index contributed by atoms with van der Waals surface area (Å²) in [7, 11) is 1.26. The number of hydrogen-bond acceptors (Lipinski definition) is 13. The molecule has 2 amide bonds. The van der Waals surface area contributed by atoms with Crippen LogP contribution in [0.1, 0.15) is 38.7 Å². The first-order valence-corrected chi connectivity index (χ1v) is 16.7. The van der Waals surface area contributed by atoms with Gasteiger partial charge in [-0.2, -0.15) is 4.57 Å². The number of thiazole rings is 2. The van der Waals surface area contributed by atoms with Crippen LogP contribution in [0.2, 0.25) is 0 Å². The number of aromatic nitrogens is 3. The van der Waals surface area contributed by atoms with Crippen molar-refractivity contribution in [3.05, 3.63) is 61.8 Å². The number of aliphatic carboxylic acids is 1. The highest BCUT2D eigenvalue weighted by Gasteiger charge is 2.54. The van der Waals surface area contributed by atoms with Gasteiger partial charge in [-0.25, -0.2) is 19.6 Å². The lowest BCUT2D eigenvalue weighted by Crippen LogP contribution is -2.71. The van der Waals surface area contributed by atoms with E-state index in [0.717, 1.165) is 64.3 Å². The Hall–Kier alpha value is -4.00. The van der Waals surface area contributed by atoms with Crippen molar-refractivity contribution in [3.8, 4) is 0 Å². The van der Waals surface area contributed by atoms with E-state index in [0.29, 0.717) is 14.9 Å². The van der Waals surface area contributed by atoms with Crippen molar-refractivity contribution in [1.82, 2.24) is 20.2 Å². The first-order chi connectivity index (χ1) is 21.2. The highest BCUT2D eigenvalue weighted by atomic mass is 32.2. The van der Waals surface area contributed by atoms with E-state index in [-0.39, 0.29) is 39.4 Å². The second kappa shape index (κ2) is 12.2. The van der Waals surface area contributed by atoms with Gasteiger partial charge >= 0.3 is 11.9 Å². The summed E-state index contributed by atoms with van der Waals surface area (Å²) in [4.78, 5) is 65.7. The van der Waals surface area contributed by atoms with Crippen LogP contribution in [0.25, 0.3) is 0 Å². The molecule has 0 bridgehead atoms. The molecule has 3 aromatic rings. The molecule has 18 heteroatoms. The van der Waals surface area contributed by atoms with Crippen LogP contribution in [-0.2, 0) is 38.6 Å². The number of amides is 2. The van der Waals surface area contributed by atoms with Crippen LogP contribution in [-0.4, -0.2) is 78.8 Å². The van der Waals surface area contributed by atoms with E-state index in [9.17, 15) is 29.4 Å². The van der Waals surface area contributed by atoms with Crippen molar-refractivity contribution >= 4 is 80.8 Å². The van der Waals surface area contributed by atoms with Crippen molar-refractivity contribution in [3.63, 3.8) is 0 Å². The van der Waals surface area contributed by atoms with Crippen molar-refractivity contribution in [1.29, 1.82) is 0 Å². The van der Waals surface area contributed by atoms with E-state index in [1.165, 1.54) is 29.8 Å². The number of nitrogens with one attached hydrogen (secondary N) is 1. The zero-order chi connectivity index (χ0) is 31.1. The number of anilines is 1. The normalized spacial score (nSPS) is 19.3. The third kappa shape index (κ3) is 5.53. The molecule has 1 unspecified atom stereocenters. The number of β-lactam (4-membered cyclic amide) rings is 1. The average Bonchev–Trinajstić information content (AvgIpc) is 3.74. The molecule has 228 valence electrons. The van der Waals surface area contributed by atoms with Crippen molar-refractivity contribution < 1.29 is 38.8 Å². The first-order valence-electron chi connectivity index (χ1n) is 13.1. The number of oxime groups is 1. The fourth-order valence-corrected chi connectivity index (χ4v) is 9.44. The van der Waals surface area contributed by atoms with Crippen LogP contribution in [0.5, 0.6) is 0 Å². The number of aromatic carboxylic acids is 1. The van der Waals surface area contributed by atoms with Gasteiger partial charge in [-0.15, -0.1) is 23.1 Å². The number of nitrogen functional groups attached to an aromatic ring is 1. The van der Waals surface area contributed by atoms with Gasteiger partial charge in [0.05, 0.1) is 0 Å². The van der Waals surface area contributed by atoms with Gasteiger partial charge in [-0.05, 0) is 18.9 Å². The number of thioether (sulfide) groups is 2. The molecule has 0 radical (unpaired) electrons. The Bertz CT molecular complexity index is 1770. The number of nitrogens with zero attached hydrogens (tertiary/aromatic N) is 5. The third-order valence-electron chi connectivity index (χ3n) is 7.13. The van der Waals surface area contributed by atoms with E-state index >= 15 is 0 Å². The summed E-state index contributed by atoms with van der Waals surface area (Å²) in [5.74, 6) is -3.57. The SMILES string of the molecule is CO/N=C(/C(=O)N[C@@H]1C(=O)N2C(C(=O)O)=C(Sc3nc(C[n+]4cccc5c4CCC5)c(C(=O)O)s3)CSC12)c1csc(N)n1. The number of nitrogens with two attached hydrogens (primary N) is 1. The minimum Gasteiger partial charge on any atom is -0.477 e. The lowest BCUT2D eigenvalue weighted by atomic mass is 10.0. The zero-order valence-corrected chi connectivity index (χ0v) is 26.1. The van der Waals surface area contributed by atoms with Crippen LogP contribution in [0.15, 0.2) is 43.8 Å². The summed E-state index contributed by atoms with van der Waals surface area (Å²) < 4.78 is 2.37. The molecule has 14 nitrogen and oxygen atoms in total. The Morgan fingerprint density at radius 1 is 1.27 bits per heavy atom. The molecule has 1 fully saturated rings. The predicted molar refractivity (Wildman–Crippen MR) is 162 cm³/mol. The van der Waals surface area contributed by atoms with Crippen LogP contribution < -0.4 is 15.6 Å². The predicted octanol–water partition coefficient (Wildman–Crippen LogP) is 1.54. The monoisotopic (exact) mass is 674 g/mol. The standard InChI is InChI=1S/C26H23N7O7S4/c1-40-31-16(13-9-42-25(27)28-13)20(34)30-17-21(35)33-18(23(36)37)15(10-41-22(17)33)43-26-29-12(19(44-26)24(38)39)8-32-7-3-5-11-4-2-6-14(11)32/h3,5,7,9,17,22H,2,4,6,8,10H2,1H3,(H4-,27,28,30,34,36,37,38,39)/p+1/b31-16+/t17-,22?/m1/s1. The van der Waals surface area contributed by atoms with Gasteiger partial charge in [0.15, 0.2) is 33.6 Å². The maximum atomic E-state index is 13.2. The summed E-state index contributed by atoms with van der Waals surface area (Å²) in [6.07, 6.45) is 4.83. The van der Waals surface area contributed by atoms with E-state index in [1.54, 1.807) is 0 Å². The van der Waals surface area contributed by atoms with Crippen molar-refractivity contribution in [2.45, 2.75) is 41.6 Å². The highest BCUT2D eigenvalue weighted by Crippen LogP contribution is 2.46. The number of pyridine rings is 1. The second-order valence-electron chi connectivity index (χ2n) is 9.76. The summed E-state index contributed by atoms with van der Waals surface area (Å²) in [6.45, 7) is 0.275. The van der Waals surface area contributed by atoms with Gasteiger partial charge in [0.2, 0.25) is 0 Å². The second-order valence-corrected chi connectivity index (χ2v) is 14.1. The first kappa shape index (κ1) is 30.0. The number of fused-ring (bicyclic) bond motifs is 2. The number of hydrogen-bond donors (Lipinski definition) is 4. The third-order valence-corrected chi connectivity index (χ3v) is 11.5. The molecule has 44 heavy (non-hydrogen) atoms. The number of aryl methyl sites for hydroxylation is 1. The molecular formula is C26H24N7O7S4+. The molecule has 0 saturated carbocycles. The van der Waals surface area contributed by atoms with Crippen LogP contribution in [0.3, 0.4) is 0 Å². The van der Waals surface area contributed by atoms with Crippen molar-refractivity contribution in [2.75, 3.05) is 18.6 Å². The Kier molecular flexibility index (Phi) is 8.32. The van der Waals surface area contributed by atoms with Gasteiger partial charge in [0.1, 0.15) is 40.5 Å². The number of carboxylic acid groups (broad SMARTS) is 2. The molecule has 3 aromatic heterocycles. The molecule has 5 heterocycles. The van der Waals surface area contributed by atoms with Gasteiger partial charge < -0.3 is 26.1 Å². The topological polar surface area (TPSA) is 201 Å². The Morgan fingerprint density at radius 2 is 2.09 bits per heavy atom.